The summed E-state index contributed by atoms with van der Waals surface area (Å²) in [7, 11) is 3.35. The van der Waals surface area contributed by atoms with Gasteiger partial charge >= 0.3 is 0 Å². The average Bonchev–Trinajstić information content (AvgIpc) is 3.10. The van der Waals surface area contributed by atoms with Gasteiger partial charge in [-0.2, -0.15) is 0 Å². The van der Waals surface area contributed by atoms with Crippen molar-refractivity contribution in [2.75, 3.05) is 27.2 Å². The predicted octanol–water partition coefficient (Wildman–Crippen LogP) is 1.53. The van der Waals surface area contributed by atoms with Crippen LogP contribution in [0.15, 0.2) is 29.3 Å². The van der Waals surface area contributed by atoms with Crippen molar-refractivity contribution in [3.05, 3.63) is 29.8 Å². The minimum absolute atomic E-state index is 0.107. The number of benzene rings is 1. The summed E-state index contributed by atoms with van der Waals surface area (Å²) in [5.74, 6) is 1.37. The number of guanidine groups is 1. The van der Waals surface area contributed by atoms with Crippen LogP contribution >= 0.6 is 0 Å². The SMILES string of the molecule is CN=C(NCCNC(=O)c1cccc(OC)c1)NC1CCCC1. The molecule has 23 heavy (non-hydrogen) atoms. The second kappa shape index (κ2) is 9.02. The van der Waals surface area contributed by atoms with E-state index < -0.39 is 0 Å². The Morgan fingerprint density at radius 2 is 2.00 bits per heavy atom. The fourth-order valence-corrected chi connectivity index (χ4v) is 2.68. The molecule has 0 bridgehead atoms. The highest BCUT2D eigenvalue weighted by Crippen LogP contribution is 2.17. The van der Waals surface area contributed by atoms with Gasteiger partial charge in [-0.05, 0) is 31.0 Å². The topological polar surface area (TPSA) is 74.8 Å². The van der Waals surface area contributed by atoms with E-state index in [1.165, 1.54) is 25.7 Å². The molecule has 126 valence electrons. The molecule has 0 heterocycles. The largest absolute Gasteiger partial charge is 0.497 e. The monoisotopic (exact) mass is 318 g/mol. The van der Waals surface area contributed by atoms with Gasteiger partial charge in [-0.3, -0.25) is 9.79 Å². The van der Waals surface area contributed by atoms with E-state index in [1.54, 1.807) is 32.4 Å². The Bertz CT molecular complexity index is 539. The Labute approximate surface area is 137 Å². The van der Waals surface area contributed by atoms with Gasteiger partial charge in [-0.1, -0.05) is 18.9 Å². The maximum atomic E-state index is 12.1. The van der Waals surface area contributed by atoms with Gasteiger partial charge < -0.3 is 20.7 Å². The number of methoxy groups -OCH3 is 1. The smallest absolute Gasteiger partial charge is 0.251 e. The normalized spacial score (nSPS) is 15.3. The molecule has 3 N–H and O–H groups in total. The molecule has 0 unspecified atom stereocenters. The van der Waals surface area contributed by atoms with Crippen LogP contribution in [0.3, 0.4) is 0 Å². The Morgan fingerprint density at radius 1 is 1.26 bits per heavy atom. The lowest BCUT2D eigenvalue weighted by molar-refractivity contribution is 0.0954. The first-order valence-electron chi connectivity index (χ1n) is 8.12. The number of carbonyl (C=O) groups excluding carboxylic acids is 1. The molecular formula is C17H26N4O2. The molecule has 1 saturated carbocycles. The van der Waals surface area contributed by atoms with Crippen LogP contribution < -0.4 is 20.7 Å². The van der Waals surface area contributed by atoms with Gasteiger partial charge in [0.2, 0.25) is 0 Å². The molecule has 0 aromatic heterocycles. The summed E-state index contributed by atoms with van der Waals surface area (Å²) in [5, 5.41) is 9.52. The lowest BCUT2D eigenvalue weighted by atomic mass is 10.2. The number of rotatable bonds is 6. The molecule has 1 aliphatic carbocycles. The van der Waals surface area contributed by atoms with Gasteiger partial charge in [0, 0.05) is 31.7 Å². The van der Waals surface area contributed by atoms with Crippen LogP contribution in [0.1, 0.15) is 36.0 Å². The summed E-state index contributed by atoms with van der Waals surface area (Å²) in [6.07, 6.45) is 4.97. The molecular weight excluding hydrogens is 292 g/mol. The Kier molecular flexibility index (Phi) is 6.72. The molecule has 1 aromatic rings. The van der Waals surface area contributed by atoms with Gasteiger partial charge in [0.1, 0.15) is 5.75 Å². The third-order valence-corrected chi connectivity index (χ3v) is 3.95. The van der Waals surface area contributed by atoms with Crippen molar-refractivity contribution in [2.45, 2.75) is 31.7 Å². The van der Waals surface area contributed by atoms with Crippen molar-refractivity contribution in [1.29, 1.82) is 0 Å². The highest BCUT2D eigenvalue weighted by molar-refractivity contribution is 5.94. The van der Waals surface area contributed by atoms with Gasteiger partial charge in [-0.25, -0.2) is 0 Å². The van der Waals surface area contributed by atoms with Crippen molar-refractivity contribution >= 4 is 11.9 Å². The van der Waals surface area contributed by atoms with E-state index >= 15 is 0 Å². The number of carbonyl (C=O) groups is 1. The minimum Gasteiger partial charge on any atom is -0.497 e. The second-order valence-corrected chi connectivity index (χ2v) is 5.61. The van der Waals surface area contributed by atoms with E-state index in [1.807, 2.05) is 6.07 Å². The quantitative estimate of drug-likeness (QED) is 0.422. The summed E-state index contributed by atoms with van der Waals surface area (Å²) in [6, 6.07) is 7.64. The second-order valence-electron chi connectivity index (χ2n) is 5.61. The van der Waals surface area contributed by atoms with Crippen LogP contribution in [0.4, 0.5) is 0 Å². The molecule has 2 rings (SSSR count). The lowest BCUT2D eigenvalue weighted by Gasteiger charge is -2.17. The molecule has 6 nitrogen and oxygen atoms in total. The third-order valence-electron chi connectivity index (χ3n) is 3.95. The van der Waals surface area contributed by atoms with Crippen LogP contribution in [-0.2, 0) is 0 Å². The summed E-state index contributed by atoms with van der Waals surface area (Å²) < 4.78 is 5.12. The third kappa shape index (κ3) is 5.47. The zero-order chi connectivity index (χ0) is 16.5. The van der Waals surface area contributed by atoms with Crippen LogP contribution in [0.2, 0.25) is 0 Å². The summed E-state index contributed by atoms with van der Waals surface area (Å²) in [6.45, 7) is 1.16. The van der Waals surface area contributed by atoms with Crippen molar-refractivity contribution in [3.63, 3.8) is 0 Å². The Hall–Kier alpha value is -2.24. The summed E-state index contributed by atoms with van der Waals surface area (Å²) in [4.78, 5) is 16.3. The molecule has 0 spiro atoms. The summed E-state index contributed by atoms with van der Waals surface area (Å²) in [5.41, 5.74) is 0.595. The van der Waals surface area contributed by atoms with E-state index in [4.69, 9.17) is 4.74 Å². The zero-order valence-electron chi connectivity index (χ0n) is 13.9. The number of amides is 1. The Balaban J connectivity index is 1.70. The van der Waals surface area contributed by atoms with Crippen molar-refractivity contribution in [2.24, 2.45) is 4.99 Å². The van der Waals surface area contributed by atoms with Crippen LogP contribution in [-0.4, -0.2) is 45.2 Å². The number of aliphatic imine (C=N–C) groups is 1. The van der Waals surface area contributed by atoms with Crippen molar-refractivity contribution in [1.82, 2.24) is 16.0 Å². The van der Waals surface area contributed by atoms with E-state index in [-0.39, 0.29) is 5.91 Å². The van der Waals surface area contributed by atoms with Crippen LogP contribution in [0.25, 0.3) is 0 Å². The van der Waals surface area contributed by atoms with Gasteiger partial charge in [0.25, 0.3) is 5.91 Å². The number of nitrogens with zero attached hydrogens (tertiary/aromatic N) is 1. The first-order valence-corrected chi connectivity index (χ1v) is 8.12. The highest BCUT2D eigenvalue weighted by atomic mass is 16.5. The molecule has 1 amide bonds. The van der Waals surface area contributed by atoms with E-state index in [2.05, 4.69) is 20.9 Å². The number of hydrogen-bond donors (Lipinski definition) is 3. The first-order chi connectivity index (χ1) is 11.2. The molecule has 1 aliphatic rings. The molecule has 6 heteroatoms. The lowest BCUT2D eigenvalue weighted by Crippen LogP contribution is -2.44. The van der Waals surface area contributed by atoms with Gasteiger partial charge in [0.15, 0.2) is 5.96 Å². The Morgan fingerprint density at radius 3 is 2.70 bits per heavy atom. The number of hydrogen-bond acceptors (Lipinski definition) is 3. The molecule has 1 aromatic carbocycles. The fraction of sp³-hybridized carbons (Fsp3) is 0.529. The maximum Gasteiger partial charge on any atom is 0.251 e. The van der Waals surface area contributed by atoms with E-state index in [9.17, 15) is 4.79 Å². The standard InChI is InChI=1S/C17H26N4O2/c1-18-17(21-14-7-3-4-8-14)20-11-10-19-16(22)13-6-5-9-15(12-13)23-2/h5-6,9,12,14H,3-4,7-8,10-11H2,1-2H3,(H,19,22)(H2,18,20,21). The van der Waals surface area contributed by atoms with Crippen LogP contribution in [0.5, 0.6) is 5.75 Å². The number of ether oxygens (including phenoxy) is 1. The minimum atomic E-state index is -0.107. The maximum absolute atomic E-state index is 12.1. The fourth-order valence-electron chi connectivity index (χ4n) is 2.68. The highest BCUT2D eigenvalue weighted by Gasteiger charge is 2.15. The molecule has 0 radical (unpaired) electrons. The molecule has 1 fully saturated rings. The van der Waals surface area contributed by atoms with Gasteiger partial charge in [0.05, 0.1) is 7.11 Å². The van der Waals surface area contributed by atoms with Gasteiger partial charge in [-0.15, -0.1) is 0 Å². The van der Waals surface area contributed by atoms with E-state index in [0.29, 0.717) is 30.4 Å². The van der Waals surface area contributed by atoms with Crippen molar-refractivity contribution in [3.8, 4) is 5.75 Å². The zero-order valence-corrected chi connectivity index (χ0v) is 13.9. The van der Waals surface area contributed by atoms with Crippen LogP contribution in [0, 0.1) is 0 Å². The average molecular weight is 318 g/mol. The van der Waals surface area contributed by atoms with E-state index in [0.717, 1.165) is 5.96 Å². The first kappa shape index (κ1) is 17.1. The molecule has 0 saturated heterocycles. The van der Waals surface area contributed by atoms with Crippen molar-refractivity contribution < 1.29 is 9.53 Å². The molecule has 0 atom stereocenters. The predicted molar refractivity (Wildman–Crippen MR) is 92.1 cm³/mol. The molecule has 0 aliphatic heterocycles. The summed E-state index contributed by atoms with van der Waals surface area (Å²) >= 11 is 0. The number of nitrogens with one attached hydrogen (secondary N) is 3.